The Morgan fingerprint density at radius 1 is 1.18 bits per heavy atom. The summed E-state index contributed by atoms with van der Waals surface area (Å²) in [6, 6.07) is 13.7. The summed E-state index contributed by atoms with van der Waals surface area (Å²) in [5.41, 5.74) is 3.15. The number of aromatic nitrogens is 1. The Labute approximate surface area is 163 Å². The number of benzene rings is 2. The van der Waals surface area contributed by atoms with Crippen molar-refractivity contribution in [2.24, 2.45) is 0 Å². The summed E-state index contributed by atoms with van der Waals surface area (Å²) >= 11 is 0. The summed E-state index contributed by atoms with van der Waals surface area (Å²) in [5, 5.41) is 12.4. The minimum atomic E-state index is -3.72. The molecule has 146 valence electrons. The van der Waals surface area contributed by atoms with E-state index in [1.807, 2.05) is 25.1 Å². The summed E-state index contributed by atoms with van der Waals surface area (Å²) in [6.45, 7) is 2.33. The first-order valence-corrected chi connectivity index (χ1v) is 10.8. The predicted molar refractivity (Wildman–Crippen MR) is 107 cm³/mol. The van der Waals surface area contributed by atoms with Crippen LogP contribution < -0.4 is 0 Å². The zero-order valence-corrected chi connectivity index (χ0v) is 16.3. The summed E-state index contributed by atoms with van der Waals surface area (Å²) in [4.78, 5) is 14.1. The van der Waals surface area contributed by atoms with E-state index in [-0.39, 0.29) is 23.0 Å². The molecule has 1 aliphatic heterocycles. The van der Waals surface area contributed by atoms with Crippen molar-refractivity contribution >= 4 is 26.6 Å². The van der Waals surface area contributed by atoms with Crippen LogP contribution in [0, 0.1) is 10.1 Å². The molecule has 0 fully saturated rings. The van der Waals surface area contributed by atoms with Crippen LogP contribution in [0.15, 0.2) is 48.5 Å². The fourth-order valence-electron chi connectivity index (χ4n) is 4.13. The van der Waals surface area contributed by atoms with Crippen molar-refractivity contribution in [3.05, 3.63) is 75.5 Å². The molecule has 4 rings (SSSR count). The van der Waals surface area contributed by atoms with Gasteiger partial charge in [0, 0.05) is 34.8 Å². The van der Waals surface area contributed by atoms with Gasteiger partial charge < -0.3 is 4.98 Å². The monoisotopic (exact) mass is 399 g/mol. The van der Waals surface area contributed by atoms with Crippen molar-refractivity contribution < 1.29 is 13.3 Å². The Hall–Kier alpha value is -2.71. The van der Waals surface area contributed by atoms with Gasteiger partial charge in [0.15, 0.2) is 0 Å². The summed E-state index contributed by atoms with van der Waals surface area (Å²) in [5.74, 6) is -0.379. The maximum atomic E-state index is 13.2. The molecular formula is C20H21N3O4S. The van der Waals surface area contributed by atoms with Crippen LogP contribution in [-0.2, 0) is 22.2 Å². The Morgan fingerprint density at radius 2 is 1.89 bits per heavy atom. The van der Waals surface area contributed by atoms with Crippen LogP contribution in [0.4, 0.5) is 5.69 Å². The van der Waals surface area contributed by atoms with E-state index in [0.717, 1.165) is 16.6 Å². The van der Waals surface area contributed by atoms with E-state index in [1.54, 1.807) is 12.1 Å². The molecule has 1 unspecified atom stereocenters. The fraction of sp³-hybridized carbons (Fsp3) is 0.300. The first kappa shape index (κ1) is 18.6. The number of nitro benzene ring substituents is 1. The molecule has 1 aromatic heterocycles. The predicted octanol–water partition coefficient (Wildman–Crippen LogP) is 3.92. The zero-order valence-electron chi connectivity index (χ0n) is 15.5. The lowest BCUT2D eigenvalue weighted by Crippen LogP contribution is -2.40. The molecule has 0 saturated heterocycles. The van der Waals surface area contributed by atoms with Gasteiger partial charge in [-0.05, 0) is 24.5 Å². The van der Waals surface area contributed by atoms with E-state index in [2.05, 4.69) is 11.1 Å². The topological polar surface area (TPSA) is 96.3 Å². The molecule has 0 bridgehead atoms. The molecule has 2 aromatic carbocycles. The molecule has 1 aliphatic rings. The molecule has 1 atom stereocenters. The second-order valence-corrected chi connectivity index (χ2v) is 8.91. The van der Waals surface area contributed by atoms with Gasteiger partial charge in [0.05, 0.1) is 16.7 Å². The average Bonchev–Trinajstić information content (AvgIpc) is 3.06. The van der Waals surface area contributed by atoms with Gasteiger partial charge in [0.25, 0.3) is 5.69 Å². The van der Waals surface area contributed by atoms with Crippen LogP contribution in [0.1, 0.15) is 36.2 Å². The molecule has 0 radical (unpaired) electrons. The molecule has 8 heteroatoms. The highest BCUT2D eigenvalue weighted by Crippen LogP contribution is 2.38. The Kier molecular flexibility index (Phi) is 4.68. The van der Waals surface area contributed by atoms with Gasteiger partial charge in [-0.1, -0.05) is 43.3 Å². The maximum Gasteiger partial charge on any atom is 0.273 e. The fourth-order valence-corrected chi connectivity index (χ4v) is 5.94. The SMILES string of the molecule is CCC1c2[nH]c3ccccc3c2CCN1S(=O)(=O)Cc1ccccc1[N+](=O)[O-]. The third-order valence-electron chi connectivity index (χ3n) is 5.38. The molecule has 2 heterocycles. The molecule has 0 spiro atoms. The van der Waals surface area contributed by atoms with E-state index in [1.165, 1.54) is 22.0 Å². The number of nitro groups is 1. The summed E-state index contributed by atoms with van der Waals surface area (Å²) in [7, 11) is -3.72. The number of nitrogens with one attached hydrogen (secondary N) is 1. The second kappa shape index (κ2) is 7.03. The molecule has 0 saturated carbocycles. The second-order valence-electron chi connectivity index (χ2n) is 6.99. The third kappa shape index (κ3) is 3.08. The minimum Gasteiger partial charge on any atom is -0.357 e. The number of rotatable bonds is 5. The molecule has 0 amide bonds. The van der Waals surface area contributed by atoms with Crippen molar-refractivity contribution in [1.29, 1.82) is 0 Å². The molecule has 1 N–H and O–H groups in total. The van der Waals surface area contributed by atoms with Gasteiger partial charge >= 0.3 is 0 Å². The van der Waals surface area contributed by atoms with E-state index >= 15 is 0 Å². The highest BCUT2D eigenvalue weighted by molar-refractivity contribution is 7.88. The Morgan fingerprint density at radius 3 is 2.64 bits per heavy atom. The number of sulfonamides is 1. The average molecular weight is 399 g/mol. The van der Waals surface area contributed by atoms with Gasteiger partial charge in [-0.25, -0.2) is 8.42 Å². The molecule has 0 aliphatic carbocycles. The van der Waals surface area contributed by atoms with Crippen molar-refractivity contribution in [3.63, 3.8) is 0 Å². The van der Waals surface area contributed by atoms with Crippen LogP contribution in [0.5, 0.6) is 0 Å². The largest absolute Gasteiger partial charge is 0.357 e. The summed E-state index contributed by atoms with van der Waals surface area (Å²) < 4.78 is 27.9. The third-order valence-corrected chi connectivity index (χ3v) is 7.21. The lowest BCUT2D eigenvalue weighted by molar-refractivity contribution is -0.385. The number of aromatic amines is 1. The van der Waals surface area contributed by atoms with Gasteiger partial charge in [0.2, 0.25) is 10.0 Å². The van der Waals surface area contributed by atoms with E-state index in [9.17, 15) is 18.5 Å². The molecule has 28 heavy (non-hydrogen) atoms. The van der Waals surface area contributed by atoms with E-state index < -0.39 is 14.9 Å². The maximum absolute atomic E-state index is 13.2. The van der Waals surface area contributed by atoms with Gasteiger partial charge in [-0.15, -0.1) is 0 Å². The quantitative estimate of drug-likeness (QED) is 0.519. The van der Waals surface area contributed by atoms with Gasteiger partial charge in [-0.3, -0.25) is 10.1 Å². The van der Waals surface area contributed by atoms with Crippen LogP contribution in [0.2, 0.25) is 0 Å². The van der Waals surface area contributed by atoms with Gasteiger partial charge in [0.1, 0.15) is 0 Å². The first-order chi connectivity index (χ1) is 13.4. The lowest BCUT2D eigenvalue weighted by atomic mass is 9.98. The van der Waals surface area contributed by atoms with Crippen molar-refractivity contribution in [2.75, 3.05) is 6.54 Å². The minimum absolute atomic E-state index is 0.164. The highest BCUT2D eigenvalue weighted by atomic mass is 32.2. The normalized spacial score (nSPS) is 17.5. The zero-order chi connectivity index (χ0) is 19.9. The summed E-state index contributed by atoms with van der Waals surface area (Å²) in [6.07, 6.45) is 1.24. The number of fused-ring (bicyclic) bond motifs is 3. The number of hydrogen-bond donors (Lipinski definition) is 1. The van der Waals surface area contributed by atoms with E-state index in [4.69, 9.17) is 0 Å². The van der Waals surface area contributed by atoms with Crippen molar-refractivity contribution in [1.82, 2.24) is 9.29 Å². The van der Waals surface area contributed by atoms with Crippen LogP contribution in [0.25, 0.3) is 10.9 Å². The first-order valence-electron chi connectivity index (χ1n) is 9.23. The lowest BCUT2D eigenvalue weighted by Gasteiger charge is -2.34. The smallest absolute Gasteiger partial charge is 0.273 e. The number of hydrogen-bond acceptors (Lipinski definition) is 4. The highest BCUT2D eigenvalue weighted by Gasteiger charge is 2.37. The standard InChI is InChI=1S/C20H21N3O4S/c1-2-18-20-16(15-8-4-5-9-17(15)21-20)11-12-22(18)28(26,27)13-14-7-3-6-10-19(14)23(24)25/h3-10,18,21H,2,11-13H2,1H3. The van der Waals surface area contributed by atoms with Gasteiger partial charge in [-0.2, -0.15) is 4.31 Å². The van der Waals surface area contributed by atoms with Crippen LogP contribution in [-0.4, -0.2) is 29.2 Å². The van der Waals surface area contributed by atoms with Crippen molar-refractivity contribution in [2.45, 2.75) is 31.6 Å². The van der Waals surface area contributed by atoms with E-state index in [0.29, 0.717) is 19.4 Å². The Balaban J connectivity index is 1.72. The van der Waals surface area contributed by atoms with Crippen LogP contribution in [0.3, 0.4) is 0 Å². The molecule has 7 nitrogen and oxygen atoms in total. The molecular weight excluding hydrogens is 378 g/mol. The number of para-hydroxylation sites is 2. The van der Waals surface area contributed by atoms with Crippen molar-refractivity contribution in [3.8, 4) is 0 Å². The number of H-pyrrole nitrogens is 1. The Bertz CT molecular complexity index is 1150. The van der Waals surface area contributed by atoms with Crippen LogP contribution >= 0.6 is 0 Å². The number of nitrogens with zero attached hydrogens (tertiary/aromatic N) is 2. The molecule has 3 aromatic rings.